The van der Waals surface area contributed by atoms with Gasteiger partial charge in [0.15, 0.2) is 0 Å². The van der Waals surface area contributed by atoms with Gasteiger partial charge in [0.1, 0.15) is 6.61 Å². The van der Waals surface area contributed by atoms with Crippen LogP contribution in [0.3, 0.4) is 0 Å². The highest BCUT2D eigenvalue weighted by Gasteiger charge is 2.63. The molecule has 5 rings (SSSR count). The number of hydrogen-bond acceptors (Lipinski definition) is 5. The van der Waals surface area contributed by atoms with Crippen LogP contribution in [-0.4, -0.2) is 36.5 Å². The summed E-state index contributed by atoms with van der Waals surface area (Å²) in [5, 5.41) is 7.83. The van der Waals surface area contributed by atoms with Gasteiger partial charge in [-0.3, -0.25) is 9.59 Å². The smallest absolute Gasteiger partial charge is 0.202 e. The summed E-state index contributed by atoms with van der Waals surface area (Å²) in [5.41, 5.74) is 1.21. The van der Waals surface area contributed by atoms with Gasteiger partial charge in [0, 0.05) is 17.9 Å². The van der Waals surface area contributed by atoms with E-state index in [2.05, 4.69) is 24.3 Å². The molecule has 0 radical (unpaired) electrons. The first-order chi connectivity index (χ1) is 13.9. The highest BCUT2D eigenvalue weighted by Crippen LogP contribution is 2.64. The Bertz CT molecular complexity index is 728. The van der Waals surface area contributed by atoms with E-state index < -0.39 is 0 Å². The maximum Gasteiger partial charge on any atom is 0.202 e. The summed E-state index contributed by atoms with van der Waals surface area (Å²) < 4.78 is 0. The van der Waals surface area contributed by atoms with Crippen LogP contribution in [0, 0.1) is 34.5 Å². The first kappa shape index (κ1) is 19.7. The molecule has 7 atom stereocenters. The lowest BCUT2D eigenvalue weighted by Crippen LogP contribution is -2.60. The quantitative estimate of drug-likeness (QED) is 0.576. The van der Waals surface area contributed by atoms with Gasteiger partial charge in [-0.05, 0) is 87.0 Å². The first-order valence-electron chi connectivity index (χ1n) is 11.9. The van der Waals surface area contributed by atoms with E-state index in [1.165, 1.54) is 25.7 Å². The second kappa shape index (κ2) is 7.18. The van der Waals surface area contributed by atoms with Gasteiger partial charge in [0.05, 0.1) is 5.71 Å². The largest absolute Gasteiger partial charge is 0.394 e. The second-order valence-corrected chi connectivity index (χ2v) is 11.1. The summed E-state index contributed by atoms with van der Waals surface area (Å²) in [6.07, 6.45) is 10.7. The Morgan fingerprint density at radius 1 is 1.03 bits per heavy atom. The van der Waals surface area contributed by atoms with Crippen molar-refractivity contribution in [1.29, 1.82) is 0 Å². The topological polar surface area (TPSA) is 67.8 Å². The van der Waals surface area contributed by atoms with Crippen molar-refractivity contribution in [2.45, 2.75) is 84.1 Å². The van der Waals surface area contributed by atoms with Crippen LogP contribution in [-0.2, 0) is 14.4 Å². The Morgan fingerprint density at radius 3 is 2.69 bits per heavy atom. The van der Waals surface area contributed by atoms with Crippen LogP contribution in [0.25, 0.3) is 0 Å². The highest BCUT2D eigenvalue weighted by atomic mass is 16.6. The van der Waals surface area contributed by atoms with Crippen LogP contribution in [0.4, 0.5) is 0 Å². The standard InChI is InChI=1S/C24H36N2O3/c1-23-9-3-6-17(23)20-18(8-10-23)24(2)11-7-15(13-19(24)21(27)22(20)28)26-29-14-16-5-4-12-25-16/h16-20,25H,3-14H2,1-2H3/t16-,17+,18+,19?,20+,23+,24-/m1/s1. The zero-order valence-electron chi connectivity index (χ0n) is 18.0. The molecule has 0 amide bonds. The minimum atomic E-state index is -0.192. The maximum atomic E-state index is 13.3. The van der Waals surface area contributed by atoms with Gasteiger partial charge in [0.2, 0.25) is 11.6 Å². The first-order valence-corrected chi connectivity index (χ1v) is 11.9. The fourth-order valence-corrected chi connectivity index (χ4v) is 7.76. The highest BCUT2D eigenvalue weighted by molar-refractivity contribution is 6.40. The third-order valence-corrected chi connectivity index (χ3v) is 9.58. The summed E-state index contributed by atoms with van der Waals surface area (Å²) in [6.45, 7) is 6.33. The minimum Gasteiger partial charge on any atom is -0.394 e. The van der Waals surface area contributed by atoms with Crippen molar-refractivity contribution < 1.29 is 14.4 Å². The van der Waals surface area contributed by atoms with Gasteiger partial charge >= 0.3 is 0 Å². The summed E-state index contributed by atoms with van der Waals surface area (Å²) in [6, 6.07) is 0.398. The predicted octanol–water partition coefficient (Wildman–Crippen LogP) is 3.90. The third kappa shape index (κ3) is 3.10. The normalized spacial score (nSPS) is 48.3. The third-order valence-electron chi connectivity index (χ3n) is 9.58. The summed E-state index contributed by atoms with van der Waals surface area (Å²) in [4.78, 5) is 32.2. The van der Waals surface area contributed by atoms with Gasteiger partial charge in [-0.15, -0.1) is 0 Å². The molecule has 160 valence electrons. The molecule has 0 aromatic carbocycles. The van der Waals surface area contributed by atoms with E-state index in [1.54, 1.807) is 0 Å². The minimum absolute atomic E-state index is 0.0202. The van der Waals surface area contributed by atoms with Crippen LogP contribution in [0.15, 0.2) is 5.16 Å². The fraction of sp³-hybridized carbons (Fsp3) is 0.875. The molecule has 5 nitrogen and oxygen atoms in total. The number of carbonyl (C=O) groups is 2. The Morgan fingerprint density at radius 2 is 1.90 bits per heavy atom. The molecule has 1 N–H and O–H groups in total. The Balaban J connectivity index is 1.33. The number of nitrogens with one attached hydrogen (secondary N) is 1. The molecule has 4 aliphatic carbocycles. The summed E-state index contributed by atoms with van der Waals surface area (Å²) in [5.74, 6) is 0.435. The van der Waals surface area contributed by atoms with Crippen molar-refractivity contribution in [3.8, 4) is 0 Å². The van der Waals surface area contributed by atoms with Crippen molar-refractivity contribution in [1.82, 2.24) is 5.32 Å². The Labute approximate surface area is 174 Å². The molecular weight excluding hydrogens is 364 g/mol. The van der Waals surface area contributed by atoms with E-state index >= 15 is 0 Å². The number of fused-ring (bicyclic) bond motifs is 5. The van der Waals surface area contributed by atoms with Crippen LogP contribution >= 0.6 is 0 Å². The molecule has 0 aromatic rings. The van der Waals surface area contributed by atoms with E-state index in [0.29, 0.717) is 30.9 Å². The van der Waals surface area contributed by atoms with Crippen LogP contribution in [0.1, 0.15) is 78.1 Å². The second-order valence-electron chi connectivity index (χ2n) is 11.1. The molecule has 29 heavy (non-hydrogen) atoms. The number of rotatable bonds is 3. The van der Waals surface area contributed by atoms with Gasteiger partial charge in [-0.1, -0.05) is 25.4 Å². The average Bonchev–Trinajstić information content (AvgIpc) is 3.35. The fourth-order valence-electron chi connectivity index (χ4n) is 7.76. The molecular formula is C24H36N2O3. The van der Waals surface area contributed by atoms with E-state index in [1.807, 2.05) is 0 Å². The molecule has 5 heteroatoms. The van der Waals surface area contributed by atoms with E-state index in [9.17, 15) is 9.59 Å². The van der Waals surface area contributed by atoms with Crippen molar-refractivity contribution in [2.75, 3.05) is 13.2 Å². The van der Waals surface area contributed by atoms with Gasteiger partial charge < -0.3 is 10.2 Å². The maximum absolute atomic E-state index is 13.3. The van der Waals surface area contributed by atoms with Crippen molar-refractivity contribution >= 4 is 17.3 Å². The molecule has 5 aliphatic rings. The summed E-state index contributed by atoms with van der Waals surface area (Å²) >= 11 is 0. The molecule has 4 saturated carbocycles. The zero-order chi connectivity index (χ0) is 20.2. The zero-order valence-corrected chi connectivity index (χ0v) is 18.0. The van der Waals surface area contributed by atoms with Gasteiger partial charge in [-0.2, -0.15) is 0 Å². The number of nitrogens with zero attached hydrogens (tertiary/aromatic N) is 1. The van der Waals surface area contributed by atoms with E-state index in [4.69, 9.17) is 4.84 Å². The molecule has 0 bridgehead atoms. The molecule has 1 aliphatic heterocycles. The van der Waals surface area contributed by atoms with Crippen LogP contribution < -0.4 is 5.32 Å². The van der Waals surface area contributed by atoms with Crippen molar-refractivity contribution in [3.05, 3.63) is 0 Å². The number of oxime groups is 1. The number of hydrogen-bond donors (Lipinski definition) is 1. The van der Waals surface area contributed by atoms with Crippen LogP contribution in [0.2, 0.25) is 0 Å². The molecule has 1 heterocycles. The number of ketones is 2. The molecule has 1 unspecified atom stereocenters. The number of Topliss-reactive ketones (excluding diaryl/α,β-unsaturated/α-hetero) is 2. The molecule has 0 aromatic heterocycles. The van der Waals surface area contributed by atoms with Crippen molar-refractivity contribution in [2.24, 2.45) is 39.7 Å². The average molecular weight is 401 g/mol. The Hall–Kier alpha value is -1.23. The molecule has 5 fully saturated rings. The predicted molar refractivity (Wildman–Crippen MR) is 112 cm³/mol. The molecule has 1 saturated heterocycles. The molecule has 0 spiro atoms. The lowest BCUT2D eigenvalue weighted by atomic mass is 9.44. The summed E-state index contributed by atoms with van der Waals surface area (Å²) in [7, 11) is 0. The van der Waals surface area contributed by atoms with Gasteiger partial charge in [-0.25, -0.2) is 0 Å². The van der Waals surface area contributed by atoms with E-state index in [0.717, 1.165) is 44.4 Å². The Kier molecular flexibility index (Phi) is 4.88. The lowest BCUT2D eigenvalue weighted by molar-refractivity contribution is -0.164. The van der Waals surface area contributed by atoms with Gasteiger partial charge in [0.25, 0.3) is 0 Å². The number of carbonyl (C=O) groups excluding carboxylic acids is 2. The lowest BCUT2D eigenvalue weighted by Gasteiger charge is -2.58. The SMILES string of the molecule is C[C@@]12CCC[C@H]1[C@@H]1C(=O)C(=O)C3CC(=NOC[C@H]4CCCN4)CC[C@]3(C)[C@H]1CC2. The van der Waals surface area contributed by atoms with E-state index in [-0.39, 0.29) is 34.2 Å². The van der Waals surface area contributed by atoms with Crippen molar-refractivity contribution in [3.63, 3.8) is 0 Å². The monoisotopic (exact) mass is 400 g/mol. The van der Waals surface area contributed by atoms with Crippen LogP contribution in [0.5, 0.6) is 0 Å².